The van der Waals surface area contributed by atoms with Crippen LogP contribution in [0.2, 0.25) is 5.02 Å². The third-order valence-corrected chi connectivity index (χ3v) is 5.00. The average Bonchev–Trinajstić information content (AvgIpc) is 2.86. The highest BCUT2D eigenvalue weighted by Crippen LogP contribution is 2.43. The topological polar surface area (TPSA) is 23.5 Å². The van der Waals surface area contributed by atoms with Crippen molar-refractivity contribution in [2.24, 2.45) is 5.41 Å². The number of rotatable bonds is 4. The van der Waals surface area contributed by atoms with E-state index in [1.165, 1.54) is 11.1 Å². The van der Waals surface area contributed by atoms with Gasteiger partial charge in [0.05, 0.1) is 6.61 Å². The molecule has 1 aliphatic heterocycles. The van der Waals surface area contributed by atoms with Crippen LogP contribution in [0.25, 0.3) is 0 Å². The number of halogens is 1. The fourth-order valence-corrected chi connectivity index (χ4v) is 3.62. The van der Waals surface area contributed by atoms with Crippen LogP contribution in [0.15, 0.2) is 54.6 Å². The van der Waals surface area contributed by atoms with Crippen LogP contribution in [0.1, 0.15) is 24.0 Å². The van der Waals surface area contributed by atoms with Crippen molar-refractivity contribution >= 4 is 11.6 Å². The van der Waals surface area contributed by atoms with Crippen LogP contribution in [0.3, 0.4) is 0 Å². The smallest absolute Gasteiger partial charge is 0.0503 e. The third kappa shape index (κ3) is 3.19. The summed E-state index contributed by atoms with van der Waals surface area (Å²) in [5, 5.41) is 10.7. The van der Waals surface area contributed by atoms with E-state index in [0.717, 1.165) is 24.7 Å². The van der Waals surface area contributed by atoms with E-state index in [0.29, 0.717) is 5.92 Å². The minimum absolute atomic E-state index is 0.109. The Morgan fingerprint density at radius 1 is 1.14 bits per heavy atom. The van der Waals surface area contributed by atoms with Gasteiger partial charge in [-0.2, -0.15) is 0 Å². The molecule has 3 rings (SSSR count). The van der Waals surface area contributed by atoms with Crippen molar-refractivity contribution in [3.8, 4) is 0 Å². The van der Waals surface area contributed by atoms with Crippen LogP contribution in [0.5, 0.6) is 0 Å². The van der Waals surface area contributed by atoms with Gasteiger partial charge >= 0.3 is 0 Å². The van der Waals surface area contributed by atoms with Crippen molar-refractivity contribution in [3.05, 3.63) is 70.7 Å². The molecule has 3 heteroatoms. The minimum atomic E-state index is -0.109. The quantitative estimate of drug-likeness (QED) is 0.924. The molecule has 1 heterocycles. The zero-order valence-electron chi connectivity index (χ0n) is 12.9. The summed E-state index contributed by atoms with van der Waals surface area (Å²) in [6.07, 6.45) is 0. The maximum absolute atomic E-state index is 9.94. The molecular weight excluding hydrogens is 294 g/mol. The van der Waals surface area contributed by atoms with Crippen molar-refractivity contribution in [1.82, 2.24) is 4.90 Å². The Kier molecular flexibility index (Phi) is 4.53. The Morgan fingerprint density at radius 3 is 2.45 bits per heavy atom. The Hall–Kier alpha value is -1.35. The van der Waals surface area contributed by atoms with E-state index in [-0.39, 0.29) is 12.0 Å². The first kappa shape index (κ1) is 15.5. The molecule has 0 amide bonds. The predicted octanol–water partition coefficient (Wildman–Crippen LogP) is 3.94. The number of aliphatic hydroxyl groups excluding tert-OH is 1. The minimum Gasteiger partial charge on any atom is -0.396 e. The van der Waals surface area contributed by atoms with Gasteiger partial charge in [-0.15, -0.1) is 0 Å². The summed E-state index contributed by atoms with van der Waals surface area (Å²) in [6.45, 7) is 5.18. The molecule has 0 unspecified atom stereocenters. The Labute approximate surface area is 137 Å². The van der Waals surface area contributed by atoms with E-state index in [9.17, 15) is 5.11 Å². The molecule has 116 valence electrons. The number of nitrogens with zero attached hydrogens (tertiary/aromatic N) is 1. The van der Waals surface area contributed by atoms with E-state index < -0.39 is 0 Å². The summed E-state index contributed by atoms with van der Waals surface area (Å²) in [4.78, 5) is 2.44. The molecule has 2 nitrogen and oxygen atoms in total. The van der Waals surface area contributed by atoms with Gasteiger partial charge in [0.15, 0.2) is 0 Å². The molecule has 1 aliphatic rings. The lowest BCUT2D eigenvalue weighted by Gasteiger charge is -2.28. The lowest BCUT2D eigenvalue weighted by Crippen LogP contribution is -2.30. The molecule has 2 aromatic carbocycles. The summed E-state index contributed by atoms with van der Waals surface area (Å²) in [7, 11) is 0. The largest absolute Gasteiger partial charge is 0.396 e. The molecule has 0 saturated carbocycles. The van der Waals surface area contributed by atoms with Gasteiger partial charge in [0.2, 0.25) is 0 Å². The summed E-state index contributed by atoms with van der Waals surface area (Å²) in [6, 6.07) is 18.6. The van der Waals surface area contributed by atoms with E-state index in [1.807, 2.05) is 18.2 Å². The van der Waals surface area contributed by atoms with Crippen LogP contribution in [0, 0.1) is 5.41 Å². The first-order chi connectivity index (χ1) is 10.6. The van der Waals surface area contributed by atoms with E-state index >= 15 is 0 Å². The first-order valence-corrected chi connectivity index (χ1v) is 8.11. The highest BCUT2D eigenvalue weighted by atomic mass is 35.5. The van der Waals surface area contributed by atoms with Crippen molar-refractivity contribution in [3.63, 3.8) is 0 Å². The van der Waals surface area contributed by atoms with Gasteiger partial charge in [-0.1, -0.05) is 61.0 Å². The molecule has 1 saturated heterocycles. The highest BCUT2D eigenvalue weighted by Gasteiger charge is 2.43. The maximum atomic E-state index is 9.94. The zero-order chi connectivity index (χ0) is 15.6. The summed E-state index contributed by atoms with van der Waals surface area (Å²) in [5.74, 6) is 0.332. The number of benzene rings is 2. The van der Waals surface area contributed by atoms with Crippen LogP contribution in [0.4, 0.5) is 0 Å². The third-order valence-electron chi connectivity index (χ3n) is 4.75. The Bertz CT molecular complexity index is 613. The molecule has 0 aromatic heterocycles. The van der Waals surface area contributed by atoms with Gasteiger partial charge in [0.1, 0.15) is 0 Å². The molecule has 2 atom stereocenters. The van der Waals surface area contributed by atoms with Gasteiger partial charge in [-0.25, -0.2) is 0 Å². The van der Waals surface area contributed by atoms with Gasteiger partial charge in [0.25, 0.3) is 0 Å². The monoisotopic (exact) mass is 315 g/mol. The number of aliphatic hydroxyl groups is 1. The van der Waals surface area contributed by atoms with Crippen molar-refractivity contribution < 1.29 is 5.11 Å². The van der Waals surface area contributed by atoms with Gasteiger partial charge in [0, 0.05) is 36.0 Å². The summed E-state index contributed by atoms with van der Waals surface area (Å²) in [5.41, 5.74) is 2.47. The van der Waals surface area contributed by atoms with Gasteiger partial charge in [-0.05, 0) is 23.3 Å². The predicted molar refractivity (Wildman–Crippen MR) is 91.1 cm³/mol. The van der Waals surface area contributed by atoms with Crippen LogP contribution in [-0.2, 0) is 6.54 Å². The SMILES string of the molecule is C[C@]1(CO)CN(Cc2ccccc2)C[C@@H]1c1ccc(Cl)cc1. The standard InChI is InChI=1S/C19H22ClNO/c1-19(14-22)13-21(11-15-5-3-2-4-6-15)12-18(19)16-7-9-17(20)10-8-16/h2-10,18,22H,11-14H2,1H3/t18-,19-/m1/s1. The van der Waals surface area contributed by atoms with Crippen LogP contribution >= 0.6 is 11.6 Å². The average molecular weight is 316 g/mol. The summed E-state index contributed by atoms with van der Waals surface area (Å²) < 4.78 is 0. The molecule has 0 spiro atoms. The second-order valence-electron chi connectivity index (χ2n) is 6.57. The first-order valence-electron chi connectivity index (χ1n) is 7.73. The maximum Gasteiger partial charge on any atom is 0.0503 e. The van der Waals surface area contributed by atoms with Crippen LogP contribution in [-0.4, -0.2) is 29.7 Å². The second kappa shape index (κ2) is 6.41. The van der Waals surface area contributed by atoms with Crippen molar-refractivity contribution in [1.29, 1.82) is 0 Å². The number of hydrogen-bond donors (Lipinski definition) is 1. The molecule has 1 fully saturated rings. The van der Waals surface area contributed by atoms with Crippen molar-refractivity contribution in [2.45, 2.75) is 19.4 Å². The second-order valence-corrected chi connectivity index (χ2v) is 7.01. The number of likely N-dealkylation sites (tertiary alicyclic amines) is 1. The van der Waals surface area contributed by atoms with Crippen LogP contribution < -0.4 is 0 Å². The molecule has 1 N–H and O–H groups in total. The normalized spacial score (nSPS) is 25.5. The molecular formula is C19H22ClNO. The van der Waals surface area contributed by atoms with Gasteiger partial charge < -0.3 is 5.11 Å². The van der Waals surface area contributed by atoms with E-state index in [4.69, 9.17) is 11.6 Å². The highest BCUT2D eigenvalue weighted by molar-refractivity contribution is 6.30. The molecule has 22 heavy (non-hydrogen) atoms. The molecule has 0 radical (unpaired) electrons. The van der Waals surface area contributed by atoms with E-state index in [2.05, 4.69) is 48.2 Å². The van der Waals surface area contributed by atoms with Gasteiger partial charge in [-0.3, -0.25) is 4.90 Å². The van der Waals surface area contributed by atoms with E-state index in [1.54, 1.807) is 0 Å². The summed E-state index contributed by atoms with van der Waals surface area (Å²) >= 11 is 6.00. The molecule has 2 aromatic rings. The fourth-order valence-electron chi connectivity index (χ4n) is 3.49. The van der Waals surface area contributed by atoms with Crippen molar-refractivity contribution in [2.75, 3.05) is 19.7 Å². The lowest BCUT2D eigenvalue weighted by molar-refractivity contribution is 0.132. The molecule has 0 bridgehead atoms. The molecule has 0 aliphatic carbocycles. The lowest BCUT2D eigenvalue weighted by atomic mass is 9.77. The number of hydrogen-bond acceptors (Lipinski definition) is 2. The Balaban J connectivity index is 1.79. The fraction of sp³-hybridized carbons (Fsp3) is 0.368. The Morgan fingerprint density at radius 2 is 1.82 bits per heavy atom. The zero-order valence-corrected chi connectivity index (χ0v) is 13.6.